The zero-order chi connectivity index (χ0) is 17.4. The standard InChI is InChI=1S/C17H17ClN4O2/c1-9-8-13(18)15(12-6-5-7-19-14(9)12)20-17(23)22(4)16-10(2)21-24-11(16)3/h5-8H,1-4H3,(H,20,23). The summed E-state index contributed by atoms with van der Waals surface area (Å²) in [7, 11) is 1.66. The van der Waals surface area contributed by atoms with Gasteiger partial charge in [-0.15, -0.1) is 0 Å². The highest BCUT2D eigenvalue weighted by Gasteiger charge is 2.21. The quantitative estimate of drug-likeness (QED) is 0.744. The number of halogens is 1. The summed E-state index contributed by atoms with van der Waals surface area (Å²) >= 11 is 6.35. The molecule has 2 aromatic heterocycles. The molecule has 1 aromatic carbocycles. The minimum Gasteiger partial charge on any atom is -0.359 e. The molecule has 24 heavy (non-hydrogen) atoms. The fourth-order valence-corrected chi connectivity index (χ4v) is 3.07. The Labute approximate surface area is 144 Å². The number of aryl methyl sites for hydroxylation is 3. The van der Waals surface area contributed by atoms with Crippen molar-refractivity contribution in [3.8, 4) is 0 Å². The highest BCUT2D eigenvalue weighted by molar-refractivity contribution is 6.36. The number of fused-ring (bicyclic) bond motifs is 1. The number of benzene rings is 1. The molecule has 0 aliphatic rings. The van der Waals surface area contributed by atoms with Gasteiger partial charge in [0.05, 0.1) is 16.2 Å². The topological polar surface area (TPSA) is 71.3 Å². The van der Waals surface area contributed by atoms with Crippen LogP contribution < -0.4 is 10.2 Å². The van der Waals surface area contributed by atoms with Gasteiger partial charge in [0.15, 0.2) is 5.76 Å². The molecular weight excluding hydrogens is 328 g/mol. The van der Waals surface area contributed by atoms with Gasteiger partial charge in [-0.1, -0.05) is 16.8 Å². The van der Waals surface area contributed by atoms with Crippen LogP contribution >= 0.6 is 11.6 Å². The largest absolute Gasteiger partial charge is 0.359 e. The van der Waals surface area contributed by atoms with Gasteiger partial charge in [-0.25, -0.2) is 4.79 Å². The molecule has 0 aliphatic carbocycles. The monoisotopic (exact) mass is 344 g/mol. The van der Waals surface area contributed by atoms with Crippen LogP contribution in [0.15, 0.2) is 28.9 Å². The second-order valence-electron chi connectivity index (χ2n) is 5.61. The second-order valence-corrected chi connectivity index (χ2v) is 6.02. The lowest BCUT2D eigenvalue weighted by Crippen LogP contribution is -2.32. The summed E-state index contributed by atoms with van der Waals surface area (Å²) in [6.07, 6.45) is 1.71. The molecule has 0 unspecified atom stereocenters. The number of urea groups is 1. The Balaban J connectivity index is 2.00. The predicted octanol–water partition coefficient (Wildman–Crippen LogP) is 4.47. The lowest BCUT2D eigenvalue weighted by molar-refractivity contribution is 0.258. The molecule has 6 nitrogen and oxygen atoms in total. The van der Waals surface area contributed by atoms with E-state index in [0.29, 0.717) is 27.9 Å². The molecule has 0 bridgehead atoms. The second kappa shape index (κ2) is 6.13. The molecule has 7 heteroatoms. The van der Waals surface area contributed by atoms with Crippen LogP contribution in [-0.4, -0.2) is 23.2 Å². The predicted molar refractivity (Wildman–Crippen MR) is 94.9 cm³/mol. The van der Waals surface area contributed by atoms with Crippen LogP contribution in [0.2, 0.25) is 5.02 Å². The Bertz CT molecular complexity index is 916. The van der Waals surface area contributed by atoms with Crippen LogP contribution in [-0.2, 0) is 0 Å². The smallest absolute Gasteiger partial charge is 0.326 e. The molecule has 3 rings (SSSR count). The van der Waals surface area contributed by atoms with Gasteiger partial charge in [-0.3, -0.25) is 9.88 Å². The first-order valence-corrected chi connectivity index (χ1v) is 7.79. The third-order valence-electron chi connectivity index (χ3n) is 3.90. The number of aromatic nitrogens is 2. The summed E-state index contributed by atoms with van der Waals surface area (Å²) in [4.78, 5) is 18.5. The molecule has 2 heterocycles. The van der Waals surface area contributed by atoms with Crippen molar-refractivity contribution in [2.24, 2.45) is 0 Å². The first-order valence-electron chi connectivity index (χ1n) is 7.41. The van der Waals surface area contributed by atoms with Crippen molar-refractivity contribution in [3.05, 3.63) is 46.4 Å². The van der Waals surface area contributed by atoms with Gasteiger partial charge in [-0.05, 0) is 44.5 Å². The lowest BCUT2D eigenvalue weighted by atomic mass is 10.1. The van der Waals surface area contributed by atoms with Crippen molar-refractivity contribution in [1.82, 2.24) is 10.1 Å². The van der Waals surface area contributed by atoms with Gasteiger partial charge in [-0.2, -0.15) is 0 Å². The van der Waals surface area contributed by atoms with Crippen LogP contribution in [0.25, 0.3) is 10.9 Å². The molecular formula is C17H17ClN4O2. The summed E-state index contributed by atoms with van der Waals surface area (Å²) in [5.41, 5.74) is 3.57. The molecule has 0 radical (unpaired) electrons. The molecule has 0 fully saturated rings. The number of nitrogens with zero attached hydrogens (tertiary/aromatic N) is 3. The van der Waals surface area contributed by atoms with Crippen molar-refractivity contribution < 1.29 is 9.32 Å². The molecule has 0 atom stereocenters. The molecule has 0 spiro atoms. The van der Waals surface area contributed by atoms with Crippen molar-refractivity contribution in [2.75, 3.05) is 17.3 Å². The summed E-state index contributed by atoms with van der Waals surface area (Å²) < 4.78 is 5.12. The van der Waals surface area contributed by atoms with E-state index in [1.165, 1.54) is 4.90 Å². The first kappa shape index (κ1) is 16.3. The number of rotatable bonds is 2. The number of hydrogen-bond donors (Lipinski definition) is 1. The maximum absolute atomic E-state index is 12.7. The Hall–Kier alpha value is -2.60. The normalized spacial score (nSPS) is 10.9. The van der Waals surface area contributed by atoms with E-state index in [4.69, 9.17) is 16.1 Å². The van der Waals surface area contributed by atoms with Crippen LogP contribution in [0.1, 0.15) is 17.0 Å². The van der Waals surface area contributed by atoms with E-state index >= 15 is 0 Å². The van der Waals surface area contributed by atoms with Gasteiger partial charge in [0.1, 0.15) is 11.4 Å². The van der Waals surface area contributed by atoms with E-state index in [1.54, 1.807) is 33.2 Å². The van der Waals surface area contributed by atoms with Crippen molar-refractivity contribution in [2.45, 2.75) is 20.8 Å². The van der Waals surface area contributed by atoms with Crippen molar-refractivity contribution in [3.63, 3.8) is 0 Å². The summed E-state index contributed by atoms with van der Waals surface area (Å²) in [5, 5.41) is 8.00. The van der Waals surface area contributed by atoms with Crippen LogP contribution in [0, 0.1) is 20.8 Å². The Morgan fingerprint density at radius 3 is 2.75 bits per heavy atom. The Morgan fingerprint density at radius 1 is 1.33 bits per heavy atom. The van der Waals surface area contributed by atoms with Gasteiger partial charge >= 0.3 is 6.03 Å². The fraction of sp³-hybridized carbons (Fsp3) is 0.235. The molecule has 0 saturated heterocycles. The van der Waals surface area contributed by atoms with Crippen molar-refractivity contribution in [1.29, 1.82) is 0 Å². The third-order valence-corrected chi connectivity index (χ3v) is 4.20. The van der Waals surface area contributed by atoms with E-state index in [1.807, 2.05) is 19.1 Å². The third kappa shape index (κ3) is 2.69. The molecule has 1 N–H and O–H groups in total. The number of carbonyl (C=O) groups excluding carboxylic acids is 1. The number of carbonyl (C=O) groups is 1. The number of pyridine rings is 1. The van der Waals surface area contributed by atoms with Crippen LogP contribution in [0.5, 0.6) is 0 Å². The van der Waals surface area contributed by atoms with E-state index in [0.717, 1.165) is 16.5 Å². The van der Waals surface area contributed by atoms with Gasteiger partial charge in [0.2, 0.25) is 0 Å². The Kier molecular flexibility index (Phi) is 4.15. The SMILES string of the molecule is Cc1noc(C)c1N(C)C(=O)Nc1c(Cl)cc(C)c2ncccc12. The first-order chi connectivity index (χ1) is 11.4. The van der Waals surface area contributed by atoms with Gasteiger partial charge in [0.25, 0.3) is 0 Å². The van der Waals surface area contributed by atoms with Crippen molar-refractivity contribution >= 4 is 39.9 Å². The maximum Gasteiger partial charge on any atom is 0.326 e. The molecule has 3 aromatic rings. The zero-order valence-electron chi connectivity index (χ0n) is 13.8. The van der Waals surface area contributed by atoms with E-state index < -0.39 is 0 Å². The molecule has 2 amide bonds. The average molecular weight is 345 g/mol. The average Bonchev–Trinajstić information content (AvgIpc) is 2.89. The van der Waals surface area contributed by atoms with E-state index in [2.05, 4.69) is 15.5 Å². The highest BCUT2D eigenvalue weighted by Crippen LogP contribution is 2.33. The number of anilines is 2. The summed E-state index contributed by atoms with van der Waals surface area (Å²) in [6.45, 7) is 5.48. The lowest BCUT2D eigenvalue weighted by Gasteiger charge is -2.19. The van der Waals surface area contributed by atoms with Gasteiger partial charge in [0, 0.05) is 18.6 Å². The molecule has 0 saturated carbocycles. The van der Waals surface area contributed by atoms with E-state index in [9.17, 15) is 4.79 Å². The number of hydrogen-bond acceptors (Lipinski definition) is 4. The maximum atomic E-state index is 12.7. The van der Waals surface area contributed by atoms with Crippen LogP contribution in [0.4, 0.5) is 16.2 Å². The highest BCUT2D eigenvalue weighted by atomic mass is 35.5. The molecule has 0 aliphatic heterocycles. The zero-order valence-corrected chi connectivity index (χ0v) is 14.6. The molecule has 124 valence electrons. The number of amides is 2. The summed E-state index contributed by atoms with van der Waals surface area (Å²) in [6, 6.07) is 5.15. The number of nitrogens with one attached hydrogen (secondary N) is 1. The fourth-order valence-electron chi connectivity index (χ4n) is 2.76. The Morgan fingerprint density at radius 2 is 2.08 bits per heavy atom. The van der Waals surface area contributed by atoms with E-state index in [-0.39, 0.29) is 6.03 Å². The minimum absolute atomic E-state index is 0.333. The van der Waals surface area contributed by atoms with Crippen LogP contribution in [0.3, 0.4) is 0 Å². The minimum atomic E-state index is -0.333. The van der Waals surface area contributed by atoms with Gasteiger partial charge < -0.3 is 9.84 Å². The summed E-state index contributed by atoms with van der Waals surface area (Å²) in [5.74, 6) is 0.576.